The molecule has 4 nitrogen and oxygen atoms in total. The van der Waals surface area contributed by atoms with Crippen LogP contribution in [0.2, 0.25) is 5.02 Å². The van der Waals surface area contributed by atoms with Gasteiger partial charge in [0.1, 0.15) is 11.8 Å². The van der Waals surface area contributed by atoms with Gasteiger partial charge in [-0.15, -0.1) is 11.8 Å². The van der Waals surface area contributed by atoms with Crippen LogP contribution in [0.5, 0.6) is 5.75 Å². The number of benzene rings is 1. The quantitative estimate of drug-likeness (QED) is 0.748. The number of aliphatic carboxylic acids is 1. The highest BCUT2D eigenvalue weighted by molar-refractivity contribution is 9.10. The molecule has 1 aliphatic heterocycles. The van der Waals surface area contributed by atoms with E-state index in [1.165, 1.54) is 11.8 Å². The first-order chi connectivity index (χ1) is 8.72. The van der Waals surface area contributed by atoms with Crippen molar-refractivity contribution in [3.8, 4) is 5.75 Å². The van der Waals surface area contributed by atoms with Gasteiger partial charge in [0.25, 0.3) is 0 Å². The number of rotatable bonds is 2. The van der Waals surface area contributed by atoms with Gasteiger partial charge in [-0.2, -0.15) is 0 Å². The van der Waals surface area contributed by atoms with Crippen LogP contribution in [0.1, 0.15) is 24.8 Å². The molecular weight excluding hydrogens is 354 g/mol. The number of hydrogen-bond acceptors (Lipinski definition) is 4. The molecule has 2 rings (SSSR count). The zero-order valence-electron chi connectivity index (χ0n) is 10.3. The summed E-state index contributed by atoms with van der Waals surface area (Å²) in [7, 11) is 0. The third kappa shape index (κ3) is 2.86. The van der Waals surface area contributed by atoms with Crippen LogP contribution in [0.15, 0.2) is 16.6 Å². The van der Waals surface area contributed by atoms with Crippen molar-refractivity contribution in [1.29, 1.82) is 0 Å². The van der Waals surface area contributed by atoms with E-state index in [0.29, 0.717) is 5.56 Å². The third-order valence-corrected chi connectivity index (χ3v) is 5.24. The molecule has 0 amide bonds. The molecule has 1 aromatic carbocycles. The lowest BCUT2D eigenvalue weighted by Crippen LogP contribution is -2.43. The van der Waals surface area contributed by atoms with Gasteiger partial charge >= 0.3 is 5.97 Å². The smallest absolute Gasteiger partial charge is 0.322 e. The number of aromatic hydroxyl groups is 1. The summed E-state index contributed by atoms with van der Waals surface area (Å²) >= 11 is 10.7. The van der Waals surface area contributed by atoms with Crippen LogP contribution in [0.25, 0.3) is 0 Å². The Morgan fingerprint density at radius 2 is 2.16 bits per heavy atom. The lowest BCUT2D eigenvalue weighted by Gasteiger charge is -2.20. The highest BCUT2D eigenvalue weighted by Crippen LogP contribution is 2.49. The lowest BCUT2D eigenvalue weighted by molar-refractivity contribution is -0.139. The predicted molar refractivity (Wildman–Crippen MR) is 79.8 cm³/mol. The fourth-order valence-electron chi connectivity index (χ4n) is 2.07. The van der Waals surface area contributed by atoms with Crippen molar-refractivity contribution >= 4 is 45.3 Å². The summed E-state index contributed by atoms with van der Waals surface area (Å²) in [6.45, 7) is 3.72. The summed E-state index contributed by atoms with van der Waals surface area (Å²) in [6, 6.07) is 2.66. The highest BCUT2D eigenvalue weighted by atomic mass is 79.9. The second kappa shape index (κ2) is 5.16. The number of thioether (sulfide) groups is 1. The number of carbonyl (C=O) groups is 1. The maximum atomic E-state index is 11.2. The van der Waals surface area contributed by atoms with E-state index in [0.717, 1.165) is 4.47 Å². The van der Waals surface area contributed by atoms with Crippen molar-refractivity contribution in [1.82, 2.24) is 5.32 Å². The van der Waals surface area contributed by atoms with Crippen LogP contribution < -0.4 is 5.32 Å². The molecule has 2 unspecified atom stereocenters. The summed E-state index contributed by atoms with van der Waals surface area (Å²) in [5.41, 5.74) is 0.584. The van der Waals surface area contributed by atoms with Crippen LogP contribution in [0, 0.1) is 0 Å². The molecule has 0 spiro atoms. The number of halogens is 2. The molecule has 2 atom stereocenters. The molecule has 1 aliphatic rings. The van der Waals surface area contributed by atoms with Crippen LogP contribution >= 0.6 is 39.3 Å². The molecular formula is C12H13BrClNO3S. The summed E-state index contributed by atoms with van der Waals surface area (Å²) in [5.74, 6) is -0.919. The standard InChI is InChI=1S/C12H13BrClNO3S/c1-12(2)9(11(17)18)15-10(19-12)6-3-5(13)4-7(14)8(6)16/h3-4,9-10,15-16H,1-2H3,(H,17,18). The number of carboxylic acid groups (broad SMARTS) is 1. The third-order valence-electron chi connectivity index (χ3n) is 3.02. The van der Waals surface area contributed by atoms with Crippen molar-refractivity contribution in [2.45, 2.75) is 30.0 Å². The van der Waals surface area contributed by atoms with Gasteiger partial charge < -0.3 is 10.2 Å². The second-order valence-electron chi connectivity index (χ2n) is 4.86. The van der Waals surface area contributed by atoms with E-state index in [1.807, 2.05) is 13.8 Å². The van der Waals surface area contributed by atoms with Crippen LogP contribution in [-0.2, 0) is 4.79 Å². The Labute approximate surface area is 128 Å². The Kier molecular flexibility index (Phi) is 4.07. The van der Waals surface area contributed by atoms with Gasteiger partial charge in [0.15, 0.2) is 0 Å². The van der Waals surface area contributed by atoms with E-state index in [-0.39, 0.29) is 16.1 Å². The zero-order valence-corrected chi connectivity index (χ0v) is 13.4. The molecule has 104 valence electrons. The maximum absolute atomic E-state index is 11.2. The van der Waals surface area contributed by atoms with Crippen LogP contribution in [0.4, 0.5) is 0 Å². The average Bonchev–Trinajstić information content (AvgIpc) is 2.59. The topological polar surface area (TPSA) is 69.6 Å². The molecule has 3 N–H and O–H groups in total. The highest BCUT2D eigenvalue weighted by Gasteiger charge is 2.46. The van der Waals surface area contributed by atoms with E-state index < -0.39 is 16.8 Å². The Balaban J connectivity index is 2.38. The fraction of sp³-hybridized carbons (Fsp3) is 0.417. The summed E-state index contributed by atoms with van der Waals surface area (Å²) in [4.78, 5) is 11.2. The summed E-state index contributed by atoms with van der Waals surface area (Å²) in [5, 5.41) is 22.2. The van der Waals surface area contributed by atoms with Gasteiger partial charge in [0, 0.05) is 14.8 Å². The van der Waals surface area contributed by atoms with E-state index >= 15 is 0 Å². The molecule has 1 aromatic rings. The van der Waals surface area contributed by atoms with Crippen LogP contribution in [0.3, 0.4) is 0 Å². The molecule has 1 saturated heterocycles. The zero-order chi connectivity index (χ0) is 14.4. The number of carboxylic acids is 1. The molecule has 0 radical (unpaired) electrons. The molecule has 0 aliphatic carbocycles. The van der Waals surface area contributed by atoms with Crippen molar-refractivity contribution in [2.24, 2.45) is 0 Å². The number of phenols is 1. The van der Waals surface area contributed by atoms with Crippen molar-refractivity contribution in [3.05, 3.63) is 27.2 Å². The molecule has 1 fully saturated rings. The second-order valence-corrected chi connectivity index (χ2v) is 7.95. The van der Waals surface area contributed by atoms with Gasteiger partial charge in [0.2, 0.25) is 0 Å². The van der Waals surface area contributed by atoms with E-state index in [1.54, 1.807) is 12.1 Å². The first-order valence-corrected chi connectivity index (χ1v) is 7.62. The lowest BCUT2D eigenvalue weighted by atomic mass is 10.0. The van der Waals surface area contributed by atoms with Crippen LogP contribution in [-0.4, -0.2) is 27.0 Å². The fourth-order valence-corrected chi connectivity index (χ4v) is 4.32. The monoisotopic (exact) mass is 365 g/mol. The maximum Gasteiger partial charge on any atom is 0.322 e. The van der Waals surface area contributed by atoms with Gasteiger partial charge in [0.05, 0.1) is 10.4 Å². The predicted octanol–water partition coefficient (Wildman–Crippen LogP) is 3.37. The first kappa shape index (κ1) is 15.0. The minimum absolute atomic E-state index is 0.0169. The van der Waals surface area contributed by atoms with E-state index in [2.05, 4.69) is 21.2 Å². The van der Waals surface area contributed by atoms with Crippen molar-refractivity contribution < 1.29 is 15.0 Å². The minimum atomic E-state index is -0.902. The Morgan fingerprint density at radius 1 is 1.53 bits per heavy atom. The molecule has 0 aromatic heterocycles. The Bertz CT molecular complexity index is 538. The largest absolute Gasteiger partial charge is 0.506 e. The van der Waals surface area contributed by atoms with Gasteiger partial charge in [-0.25, -0.2) is 0 Å². The van der Waals surface area contributed by atoms with Gasteiger partial charge in [-0.1, -0.05) is 27.5 Å². The Morgan fingerprint density at radius 3 is 2.68 bits per heavy atom. The molecule has 1 heterocycles. The number of phenolic OH excluding ortho intramolecular Hbond substituents is 1. The molecule has 0 bridgehead atoms. The van der Waals surface area contributed by atoms with Gasteiger partial charge in [-0.3, -0.25) is 10.1 Å². The van der Waals surface area contributed by atoms with E-state index in [9.17, 15) is 15.0 Å². The van der Waals surface area contributed by atoms with Gasteiger partial charge in [-0.05, 0) is 26.0 Å². The Hall–Kier alpha value is -0.430. The minimum Gasteiger partial charge on any atom is -0.506 e. The molecule has 7 heteroatoms. The number of nitrogens with one attached hydrogen (secondary N) is 1. The summed E-state index contributed by atoms with van der Waals surface area (Å²) < 4.78 is 0.266. The molecule has 0 saturated carbocycles. The van der Waals surface area contributed by atoms with E-state index in [4.69, 9.17) is 11.6 Å². The summed E-state index contributed by atoms with van der Waals surface area (Å²) in [6.07, 6.45) is 0. The normalized spacial score (nSPS) is 25.5. The van der Waals surface area contributed by atoms with Crippen molar-refractivity contribution in [3.63, 3.8) is 0 Å². The average molecular weight is 367 g/mol. The SMILES string of the molecule is CC1(C)SC(c2cc(Br)cc(Cl)c2O)NC1C(=O)O. The number of hydrogen-bond donors (Lipinski definition) is 3. The molecule has 19 heavy (non-hydrogen) atoms. The van der Waals surface area contributed by atoms with Crippen molar-refractivity contribution in [2.75, 3.05) is 0 Å². The first-order valence-electron chi connectivity index (χ1n) is 5.57.